The first-order chi connectivity index (χ1) is 9.41. The molecule has 1 aliphatic heterocycles. The standard InChI is InChI=1S/C14H16FNO3S/c1-8(2)13-16(11(7-20-13)14(18)19)12(17)9-4-3-5-10(15)6-9/h3-6,8,11,13H,7H2,1-2H3,(H,18,19)/p-1/t11-,13+/m1/s1. The maximum atomic E-state index is 13.2. The van der Waals surface area contributed by atoms with Gasteiger partial charge in [0, 0.05) is 11.3 Å². The number of thioether (sulfide) groups is 1. The second kappa shape index (κ2) is 5.83. The van der Waals surface area contributed by atoms with E-state index < -0.39 is 23.7 Å². The fourth-order valence-corrected chi connectivity index (χ4v) is 3.71. The average molecular weight is 296 g/mol. The van der Waals surface area contributed by atoms with Crippen LogP contribution in [0, 0.1) is 11.7 Å². The molecule has 2 rings (SSSR count). The molecule has 0 N–H and O–H groups in total. The highest BCUT2D eigenvalue weighted by Crippen LogP contribution is 2.35. The van der Waals surface area contributed by atoms with Gasteiger partial charge in [-0.1, -0.05) is 19.9 Å². The number of carbonyl (C=O) groups is 2. The summed E-state index contributed by atoms with van der Waals surface area (Å²) < 4.78 is 13.2. The maximum Gasteiger partial charge on any atom is 0.255 e. The third-order valence-electron chi connectivity index (χ3n) is 3.18. The van der Waals surface area contributed by atoms with E-state index in [0.717, 1.165) is 6.07 Å². The van der Waals surface area contributed by atoms with Crippen LogP contribution in [-0.2, 0) is 4.79 Å². The summed E-state index contributed by atoms with van der Waals surface area (Å²) in [6.07, 6.45) is 0. The van der Waals surface area contributed by atoms with Crippen molar-refractivity contribution >= 4 is 23.6 Å². The number of halogens is 1. The number of aliphatic carboxylic acids is 1. The Bertz CT molecular complexity index is 535. The van der Waals surface area contributed by atoms with Crippen LogP contribution in [-0.4, -0.2) is 33.9 Å². The highest BCUT2D eigenvalue weighted by atomic mass is 32.2. The fourth-order valence-electron chi connectivity index (χ4n) is 2.25. The topological polar surface area (TPSA) is 60.4 Å². The van der Waals surface area contributed by atoms with Gasteiger partial charge in [0.25, 0.3) is 5.91 Å². The molecule has 1 heterocycles. The van der Waals surface area contributed by atoms with E-state index in [1.54, 1.807) is 0 Å². The summed E-state index contributed by atoms with van der Waals surface area (Å²) in [6.45, 7) is 3.84. The van der Waals surface area contributed by atoms with E-state index in [9.17, 15) is 19.1 Å². The third kappa shape index (κ3) is 2.80. The van der Waals surface area contributed by atoms with Crippen LogP contribution < -0.4 is 5.11 Å². The highest BCUT2D eigenvalue weighted by molar-refractivity contribution is 8.00. The number of hydrogen-bond acceptors (Lipinski definition) is 4. The van der Waals surface area contributed by atoms with Crippen LogP contribution in [0.3, 0.4) is 0 Å². The van der Waals surface area contributed by atoms with Crippen molar-refractivity contribution in [3.05, 3.63) is 35.6 Å². The Balaban J connectivity index is 2.34. The van der Waals surface area contributed by atoms with Crippen LogP contribution >= 0.6 is 11.8 Å². The van der Waals surface area contributed by atoms with Gasteiger partial charge in [-0.25, -0.2) is 4.39 Å². The molecule has 0 aromatic heterocycles. The van der Waals surface area contributed by atoms with Crippen molar-refractivity contribution in [3.63, 3.8) is 0 Å². The minimum absolute atomic E-state index is 0.0989. The largest absolute Gasteiger partial charge is 0.548 e. The van der Waals surface area contributed by atoms with Crippen molar-refractivity contribution in [3.8, 4) is 0 Å². The normalized spacial score (nSPS) is 22.3. The van der Waals surface area contributed by atoms with Crippen molar-refractivity contribution in [2.45, 2.75) is 25.3 Å². The molecule has 1 saturated heterocycles. The summed E-state index contributed by atoms with van der Waals surface area (Å²) in [5.41, 5.74) is 0.157. The Morgan fingerprint density at radius 1 is 1.45 bits per heavy atom. The average Bonchev–Trinajstić information content (AvgIpc) is 2.82. The quantitative estimate of drug-likeness (QED) is 0.838. The molecule has 108 valence electrons. The summed E-state index contributed by atoms with van der Waals surface area (Å²) in [6, 6.07) is 4.31. The van der Waals surface area contributed by atoms with Crippen molar-refractivity contribution < 1.29 is 19.1 Å². The second-order valence-corrected chi connectivity index (χ2v) is 6.18. The lowest BCUT2D eigenvalue weighted by atomic mass is 10.1. The van der Waals surface area contributed by atoms with Gasteiger partial charge in [0.2, 0.25) is 0 Å². The summed E-state index contributed by atoms with van der Waals surface area (Å²) in [5.74, 6) is -1.87. The molecule has 0 saturated carbocycles. The molecular formula is C14H15FNO3S-. The van der Waals surface area contributed by atoms with Crippen LogP contribution in [0.4, 0.5) is 4.39 Å². The number of carboxylic acids is 1. The van der Waals surface area contributed by atoms with E-state index in [2.05, 4.69) is 0 Å². The van der Waals surface area contributed by atoms with E-state index in [-0.39, 0.29) is 16.9 Å². The number of carbonyl (C=O) groups excluding carboxylic acids is 2. The van der Waals surface area contributed by atoms with Crippen LogP contribution in [0.25, 0.3) is 0 Å². The lowest BCUT2D eigenvalue weighted by Gasteiger charge is -2.32. The third-order valence-corrected chi connectivity index (χ3v) is 4.80. The van der Waals surface area contributed by atoms with Crippen LogP contribution in [0.1, 0.15) is 24.2 Å². The summed E-state index contributed by atoms with van der Waals surface area (Å²) in [7, 11) is 0. The molecule has 20 heavy (non-hydrogen) atoms. The molecule has 1 amide bonds. The van der Waals surface area contributed by atoms with E-state index in [0.29, 0.717) is 5.75 Å². The van der Waals surface area contributed by atoms with E-state index in [4.69, 9.17) is 0 Å². The minimum Gasteiger partial charge on any atom is -0.548 e. The first kappa shape index (κ1) is 14.8. The molecule has 1 aromatic rings. The van der Waals surface area contributed by atoms with E-state index >= 15 is 0 Å². The highest BCUT2D eigenvalue weighted by Gasteiger charge is 2.40. The zero-order valence-corrected chi connectivity index (χ0v) is 12.0. The number of benzene rings is 1. The predicted octanol–water partition coefficient (Wildman–Crippen LogP) is 1.12. The maximum absolute atomic E-state index is 13.2. The molecule has 1 aromatic carbocycles. The molecule has 0 aliphatic carbocycles. The lowest BCUT2D eigenvalue weighted by Crippen LogP contribution is -2.51. The van der Waals surface area contributed by atoms with Crippen molar-refractivity contribution in [2.24, 2.45) is 5.92 Å². The van der Waals surface area contributed by atoms with Crippen LogP contribution in [0.15, 0.2) is 24.3 Å². The second-order valence-electron chi connectivity index (χ2n) is 5.03. The molecule has 6 heteroatoms. The van der Waals surface area contributed by atoms with Gasteiger partial charge in [0.05, 0.1) is 17.4 Å². The molecule has 1 aliphatic rings. The van der Waals surface area contributed by atoms with Gasteiger partial charge < -0.3 is 14.8 Å². The molecule has 0 unspecified atom stereocenters. The fraction of sp³-hybridized carbons (Fsp3) is 0.429. The number of carboxylic acid groups (broad SMARTS) is 1. The van der Waals surface area contributed by atoms with E-state index in [1.165, 1.54) is 34.9 Å². The molecule has 4 nitrogen and oxygen atoms in total. The Labute approximate surface area is 121 Å². The van der Waals surface area contributed by atoms with Gasteiger partial charge in [-0.2, -0.15) is 0 Å². The minimum atomic E-state index is -1.27. The van der Waals surface area contributed by atoms with E-state index in [1.807, 2.05) is 13.8 Å². The zero-order chi connectivity index (χ0) is 14.9. The smallest absolute Gasteiger partial charge is 0.255 e. The zero-order valence-electron chi connectivity index (χ0n) is 11.2. The summed E-state index contributed by atoms with van der Waals surface area (Å²) in [5, 5.41) is 10.9. The SMILES string of the molecule is CC(C)[C@@H]1SC[C@H](C(=O)[O-])N1C(=O)c1cccc(F)c1. The summed E-state index contributed by atoms with van der Waals surface area (Å²) >= 11 is 1.41. The molecular weight excluding hydrogens is 281 g/mol. The van der Waals surface area contributed by atoms with Gasteiger partial charge in [-0.05, 0) is 24.1 Å². The Hall–Kier alpha value is -1.56. The molecule has 1 fully saturated rings. The van der Waals surface area contributed by atoms with Crippen molar-refractivity contribution in [1.82, 2.24) is 4.90 Å². The van der Waals surface area contributed by atoms with Gasteiger partial charge in [0.1, 0.15) is 5.82 Å². The van der Waals surface area contributed by atoms with Crippen molar-refractivity contribution in [1.29, 1.82) is 0 Å². The number of hydrogen-bond donors (Lipinski definition) is 0. The Morgan fingerprint density at radius 3 is 2.70 bits per heavy atom. The molecule has 0 radical (unpaired) electrons. The van der Waals surface area contributed by atoms with Crippen molar-refractivity contribution in [2.75, 3.05) is 5.75 Å². The van der Waals surface area contributed by atoms with Gasteiger partial charge in [0.15, 0.2) is 0 Å². The monoisotopic (exact) mass is 296 g/mol. The first-order valence-corrected chi connectivity index (χ1v) is 7.37. The lowest BCUT2D eigenvalue weighted by molar-refractivity contribution is -0.310. The Morgan fingerprint density at radius 2 is 2.15 bits per heavy atom. The van der Waals surface area contributed by atoms with Gasteiger partial charge >= 0.3 is 0 Å². The summed E-state index contributed by atoms with van der Waals surface area (Å²) in [4.78, 5) is 25.0. The number of amides is 1. The molecule has 2 atom stereocenters. The first-order valence-electron chi connectivity index (χ1n) is 6.32. The molecule has 0 bridgehead atoms. The predicted molar refractivity (Wildman–Crippen MR) is 72.4 cm³/mol. The van der Waals surface area contributed by atoms with Crippen LogP contribution in [0.5, 0.6) is 0 Å². The molecule has 0 spiro atoms. The number of rotatable bonds is 3. The van der Waals surface area contributed by atoms with Crippen LogP contribution in [0.2, 0.25) is 0 Å². The van der Waals surface area contributed by atoms with Gasteiger partial charge in [-0.15, -0.1) is 11.8 Å². The Kier molecular flexibility index (Phi) is 4.32. The number of nitrogens with zero attached hydrogens (tertiary/aromatic N) is 1. The van der Waals surface area contributed by atoms with Gasteiger partial charge in [-0.3, -0.25) is 4.79 Å².